The van der Waals surface area contributed by atoms with Crippen LogP contribution >= 0.6 is 11.6 Å². The molecule has 0 aliphatic carbocycles. The molecule has 2 rings (SSSR count). The van der Waals surface area contributed by atoms with Crippen LogP contribution in [0.1, 0.15) is 30.1 Å². The first-order chi connectivity index (χ1) is 14.7. The van der Waals surface area contributed by atoms with Crippen LogP contribution < -0.4 is 10.6 Å². The number of hydrogen-bond acceptors (Lipinski definition) is 6. The van der Waals surface area contributed by atoms with E-state index in [1.54, 1.807) is 18.2 Å². The third kappa shape index (κ3) is 8.77. The van der Waals surface area contributed by atoms with Gasteiger partial charge in [-0.25, -0.2) is 13.2 Å². The summed E-state index contributed by atoms with van der Waals surface area (Å²) in [6.45, 7) is 2.27. The monoisotopic (exact) mass is 466 g/mol. The van der Waals surface area contributed by atoms with E-state index in [4.69, 9.17) is 16.3 Å². The molecule has 0 atom stereocenters. The molecule has 31 heavy (non-hydrogen) atoms. The molecule has 0 bridgehead atoms. The molecule has 2 aromatic rings. The molecule has 2 aromatic carbocycles. The number of unbranched alkanes of at least 4 members (excludes halogenated alkanes) is 1. The molecule has 0 saturated heterocycles. The van der Waals surface area contributed by atoms with Gasteiger partial charge in [-0.3, -0.25) is 9.59 Å². The van der Waals surface area contributed by atoms with Crippen molar-refractivity contribution < 1.29 is 27.5 Å². The van der Waals surface area contributed by atoms with Crippen molar-refractivity contribution in [1.29, 1.82) is 0 Å². The Labute approximate surface area is 185 Å². The topological polar surface area (TPSA) is 119 Å². The first kappa shape index (κ1) is 24.4. The summed E-state index contributed by atoms with van der Waals surface area (Å²) in [6, 6.07) is 12.1. The molecule has 0 saturated carbocycles. The maximum absolute atomic E-state index is 12.2. The molecule has 0 heterocycles. The van der Waals surface area contributed by atoms with E-state index < -0.39 is 39.1 Å². The Morgan fingerprint density at radius 1 is 0.935 bits per heavy atom. The van der Waals surface area contributed by atoms with Gasteiger partial charge in [-0.05, 0) is 48.9 Å². The molecule has 8 nitrogen and oxygen atoms in total. The predicted molar refractivity (Wildman–Crippen MR) is 119 cm³/mol. The van der Waals surface area contributed by atoms with Crippen molar-refractivity contribution >= 4 is 50.6 Å². The summed E-state index contributed by atoms with van der Waals surface area (Å²) in [5.41, 5.74) is 0.867. The fourth-order valence-electron chi connectivity index (χ4n) is 2.49. The molecular weight excluding hydrogens is 444 g/mol. The average Bonchev–Trinajstić information content (AvgIpc) is 2.69. The zero-order valence-electron chi connectivity index (χ0n) is 16.9. The van der Waals surface area contributed by atoms with Crippen LogP contribution in [0.15, 0.2) is 48.5 Å². The molecule has 2 N–H and O–H groups in total. The summed E-state index contributed by atoms with van der Waals surface area (Å²) < 4.78 is 29.5. The number of benzene rings is 2. The van der Waals surface area contributed by atoms with Crippen LogP contribution in [0.25, 0.3) is 0 Å². The van der Waals surface area contributed by atoms with Crippen molar-refractivity contribution in [3.05, 3.63) is 59.1 Å². The smallest absolute Gasteiger partial charge is 0.338 e. The van der Waals surface area contributed by atoms with Crippen molar-refractivity contribution in [3.63, 3.8) is 0 Å². The number of carbonyl (C=O) groups is 3. The van der Waals surface area contributed by atoms with Crippen molar-refractivity contribution in [2.45, 2.75) is 19.8 Å². The Morgan fingerprint density at radius 3 is 2.16 bits per heavy atom. The van der Waals surface area contributed by atoms with Gasteiger partial charge in [0.15, 0.2) is 9.84 Å². The third-order valence-electron chi connectivity index (χ3n) is 3.94. The molecule has 10 heteroatoms. The molecule has 0 aromatic heterocycles. The fraction of sp³-hybridized carbons (Fsp3) is 0.286. The van der Waals surface area contributed by atoms with Gasteiger partial charge in [-0.15, -0.1) is 0 Å². The summed E-state index contributed by atoms with van der Waals surface area (Å²) in [5.74, 6) is -3.86. The lowest BCUT2D eigenvalue weighted by molar-refractivity contribution is -0.114. The Hall–Kier alpha value is -2.91. The van der Waals surface area contributed by atoms with Crippen LogP contribution in [0.3, 0.4) is 0 Å². The second kappa shape index (κ2) is 11.5. The highest BCUT2D eigenvalue weighted by Gasteiger charge is 2.21. The molecule has 2 amide bonds. The lowest BCUT2D eigenvalue weighted by atomic mass is 10.2. The van der Waals surface area contributed by atoms with Crippen molar-refractivity contribution in [1.82, 2.24) is 0 Å². The number of rotatable bonds is 10. The van der Waals surface area contributed by atoms with Gasteiger partial charge < -0.3 is 15.4 Å². The van der Waals surface area contributed by atoms with Gasteiger partial charge >= 0.3 is 5.97 Å². The van der Waals surface area contributed by atoms with Crippen LogP contribution in [0.5, 0.6) is 0 Å². The second-order valence-electron chi connectivity index (χ2n) is 6.71. The normalized spacial score (nSPS) is 10.9. The van der Waals surface area contributed by atoms with Gasteiger partial charge in [-0.2, -0.15) is 0 Å². The Bertz CT molecular complexity index is 1040. The Kier molecular flexibility index (Phi) is 9.02. The summed E-state index contributed by atoms with van der Waals surface area (Å²) in [4.78, 5) is 36.1. The second-order valence-corrected chi connectivity index (χ2v) is 9.21. The first-order valence-electron chi connectivity index (χ1n) is 9.51. The predicted octanol–water partition coefficient (Wildman–Crippen LogP) is 3.29. The minimum absolute atomic E-state index is 0.235. The van der Waals surface area contributed by atoms with E-state index in [0.29, 0.717) is 17.3 Å². The van der Waals surface area contributed by atoms with E-state index in [-0.39, 0.29) is 11.3 Å². The number of ether oxygens (including phenoxy) is 1. The maximum atomic E-state index is 12.2. The molecule has 0 fully saturated rings. The highest BCUT2D eigenvalue weighted by molar-refractivity contribution is 7.92. The van der Waals surface area contributed by atoms with E-state index in [1.807, 2.05) is 6.92 Å². The molecular formula is C21H23ClN2O6S. The number of anilines is 2. The highest BCUT2D eigenvalue weighted by Crippen LogP contribution is 2.14. The van der Waals surface area contributed by atoms with E-state index in [0.717, 1.165) is 12.8 Å². The van der Waals surface area contributed by atoms with Crippen LogP contribution in [0, 0.1) is 0 Å². The number of esters is 1. The van der Waals surface area contributed by atoms with E-state index in [1.165, 1.54) is 30.3 Å². The zero-order valence-corrected chi connectivity index (χ0v) is 18.5. The number of hydrogen-bond donors (Lipinski definition) is 2. The Morgan fingerprint density at radius 2 is 1.55 bits per heavy atom. The number of amides is 2. The zero-order chi connectivity index (χ0) is 22.9. The largest absolute Gasteiger partial charge is 0.462 e. The fourth-order valence-corrected chi connectivity index (χ4v) is 3.67. The summed E-state index contributed by atoms with van der Waals surface area (Å²) in [6.07, 6.45) is 1.63. The molecule has 0 unspecified atom stereocenters. The lowest BCUT2D eigenvalue weighted by Gasteiger charge is -2.09. The molecule has 0 aliphatic rings. The van der Waals surface area contributed by atoms with Crippen LogP contribution in [-0.4, -0.2) is 44.3 Å². The van der Waals surface area contributed by atoms with Gasteiger partial charge in [0.2, 0.25) is 11.8 Å². The number of halogens is 1. The minimum Gasteiger partial charge on any atom is -0.462 e. The summed E-state index contributed by atoms with van der Waals surface area (Å²) in [7, 11) is -4.01. The van der Waals surface area contributed by atoms with Crippen molar-refractivity contribution in [2.75, 3.05) is 28.7 Å². The average molecular weight is 467 g/mol. The number of nitrogens with one attached hydrogen (secondary N) is 2. The molecule has 0 spiro atoms. The maximum Gasteiger partial charge on any atom is 0.338 e. The third-order valence-corrected chi connectivity index (χ3v) is 5.60. The van der Waals surface area contributed by atoms with Crippen LogP contribution in [0.2, 0.25) is 5.02 Å². The quantitative estimate of drug-likeness (QED) is 0.409. The standard InChI is InChI=1S/C21H23ClN2O6S/c1-2-3-11-30-21(27)15-5-4-6-18(12-15)24-20(26)14-31(28,29)13-19(25)23-17-9-7-16(22)8-10-17/h4-10,12H,2-3,11,13-14H2,1H3,(H,23,25)(H,24,26). The van der Waals surface area contributed by atoms with Crippen LogP contribution in [-0.2, 0) is 24.2 Å². The molecule has 0 radical (unpaired) electrons. The molecule has 166 valence electrons. The molecule has 0 aliphatic heterocycles. The number of sulfone groups is 1. The first-order valence-corrected chi connectivity index (χ1v) is 11.7. The van der Waals surface area contributed by atoms with E-state index in [2.05, 4.69) is 10.6 Å². The van der Waals surface area contributed by atoms with Crippen molar-refractivity contribution in [2.24, 2.45) is 0 Å². The van der Waals surface area contributed by atoms with Crippen LogP contribution in [0.4, 0.5) is 11.4 Å². The summed E-state index contributed by atoms with van der Waals surface area (Å²) >= 11 is 5.76. The van der Waals surface area contributed by atoms with Crippen molar-refractivity contribution in [3.8, 4) is 0 Å². The van der Waals surface area contributed by atoms with Gasteiger partial charge in [0.1, 0.15) is 11.5 Å². The lowest BCUT2D eigenvalue weighted by Crippen LogP contribution is -2.30. The van der Waals surface area contributed by atoms with Gasteiger partial charge in [0, 0.05) is 16.4 Å². The van der Waals surface area contributed by atoms with E-state index >= 15 is 0 Å². The number of carbonyl (C=O) groups excluding carboxylic acids is 3. The summed E-state index contributed by atoms with van der Waals surface area (Å²) in [5, 5.41) is 5.32. The van der Waals surface area contributed by atoms with E-state index in [9.17, 15) is 22.8 Å². The van der Waals surface area contributed by atoms with Gasteiger partial charge in [0.25, 0.3) is 0 Å². The highest BCUT2D eigenvalue weighted by atomic mass is 35.5. The van der Waals surface area contributed by atoms with Gasteiger partial charge in [0.05, 0.1) is 12.2 Å². The van der Waals surface area contributed by atoms with Gasteiger partial charge in [-0.1, -0.05) is 31.0 Å². The SMILES string of the molecule is CCCCOC(=O)c1cccc(NC(=O)CS(=O)(=O)CC(=O)Nc2ccc(Cl)cc2)c1. The minimum atomic E-state index is -4.01. The Balaban J connectivity index is 1.90.